The third-order valence-corrected chi connectivity index (χ3v) is 3.55. The van der Waals surface area contributed by atoms with Crippen LogP contribution in [0.5, 0.6) is 0 Å². The number of halogens is 2. The minimum Gasteiger partial charge on any atom is -0.336 e. The first-order valence-electron chi connectivity index (χ1n) is 6.20. The van der Waals surface area contributed by atoms with Gasteiger partial charge in [0.15, 0.2) is 5.82 Å². The average Bonchev–Trinajstić information content (AvgIpc) is 2.40. The van der Waals surface area contributed by atoms with Crippen molar-refractivity contribution in [2.45, 2.75) is 31.7 Å². The smallest absolute Gasteiger partial charge is 0.257 e. The summed E-state index contributed by atoms with van der Waals surface area (Å²) < 4.78 is 13.6. The van der Waals surface area contributed by atoms with Gasteiger partial charge in [0.2, 0.25) is 0 Å². The van der Waals surface area contributed by atoms with Crippen LogP contribution in [0.25, 0.3) is 0 Å². The molecule has 1 aromatic rings. The van der Waals surface area contributed by atoms with Crippen LogP contribution in [0.1, 0.15) is 36.0 Å². The maximum Gasteiger partial charge on any atom is 0.257 e. The van der Waals surface area contributed by atoms with E-state index < -0.39 is 5.82 Å². The quantitative estimate of drug-likeness (QED) is 0.792. The summed E-state index contributed by atoms with van der Waals surface area (Å²) in [6.45, 7) is 0.683. The van der Waals surface area contributed by atoms with Crippen LogP contribution in [0.2, 0.25) is 0 Å². The van der Waals surface area contributed by atoms with Crippen molar-refractivity contribution >= 4 is 17.5 Å². The van der Waals surface area contributed by atoms with Crippen molar-refractivity contribution in [3.05, 3.63) is 29.8 Å². The second kappa shape index (κ2) is 6.14. The molecule has 0 N–H and O–H groups in total. The van der Waals surface area contributed by atoms with E-state index in [1.54, 1.807) is 4.90 Å². The first-order chi connectivity index (χ1) is 8.74. The van der Waals surface area contributed by atoms with Gasteiger partial charge in [-0.1, -0.05) is 0 Å². The van der Waals surface area contributed by atoms with Crippen molar-refractivity contribution in [2.24, 2.45) is 0 Å². The largest absolute Gasteiger partial charge is 0.336 e. The molecule has 1 atom stereocenters. The Balaban J connectivity index is 2.18. The molecule has 5 heteroatoms. The van der Waals surface area contributed by atoms with Gasteiger partial charge in [-0.25, -0.2) is 4.39 Å². The number of carbonyl (C=O) groups is 1. The fraction of sp³-hybridized carbons (Fsp3) is 0.538. The minimum atomic E-state index is -0.558. The Morgan fingerprint density at radius 2 is 2.39 bits per heavy atom. The zero-order valence-electron chi connectivity index (χ0n) is 10.1. The van der Waals surface area contributed by atoms with Gasteiger partial charge in [0.1, 0.15) is 0 Å². The second-order valence-electron chi connectivity index (χ2n) is 4.48. The zero-order valence-corrected chi connectivity index (χ0v) is 10.9. The van der Waals surface area contributed by atoms with Crippen LogP contribution in [0, 0.1) is 5.82 Å². The SMILES string of the molecule is O=C(c1ccncc1F)N1CCCCC1CCCl. The van der Waals surface area contributed by atoms with E-state index >= 15 is 0 Å². The number of likely N-dealkylation sites (tertiary alicyclic amines) is 1. The van der Waals surface area contributed by atoms with Gasteiger partial charge >= 0.3 is 0 Å². The molecule has 1 aliphatic rings. The van der Waals surface area contributed by atoms with E-state index in [0.29, 0.717) is 12.4 Å². The second-order valence-corrected chi connectivity index (χ2v) is 4.86. The summed E-state index contributed by atoms with van der Waals surface area (Å²) >= 11 is 5.76. The zero-order chi connectivity index (χ0) is 13.0. The molecule has 1 aromatic heterocycles. The number of piperidine rings is 1. The van der Waals surface area contributed by atoms with Crippen LogP contribution in [-0.4, -0.2) is 34.3 Å². The highest BCUT2D eigenvalue weighted by Gasteiger charge is 2.28. The third kappa shape index (κ3) is 2.80. The highest BCUT2D eigenvalue weighted by molar-refractivity contribution is 6.17. The first-order valence-corrected chi connectivity index (χ1v) is 6.74. The predicted molar refractivity (Wildman–Crippen MR) is 68.2 cm³/mol. The summed E-state index contributed by atoms with van der Waals surface area (Å²) in [4.78, 5) is 17.7. The monoisotopic (exact) mass is 270 g/mol. The lowest BCUT2D eigenvalue weighted by Crippen LogP contribution is -2.44. The Kier molecular flexibility index (Phi) is 4.53. The molecule has 18 heavy (non-hydrogen) atoms. The van der Waals surface area contributed by atoms with Gasteiger partial charge < -0.3 is 4.90 Å². The van der Waals surface area contributed by atoms with Crippen molar-refractivity contribution in [3.8, 4) is 0 Å². The maximum atomic E-state index is 13.6. The normalized spacial score (nSPS) is 19.9. The molecule has 0 aromatic carbocycles. The number of hydrogen-bond donors (Lipinski definition) is 0. The van der Waals surface area contributed by atoms with Gasteiger partial charge in [0.25, 0.3) is 5.91 Å². The topological polar surface area (TPSA) is 33.2 Å². The van der Waals surface area contributed by atoms with Crippen LogP contribution >= 0.6 is 11.6 Å². The van der Waals surface area contributed by atoms with Crippen LogP contribution < -0.4 is 0 Å². The fourth-order valence-corrected chi connectivity index (χ4v) is 2.65. The fourth-order valence-electron chi connectivity index (χ4n) is 2.40. The summed E-state index contributed by atoms with van der Waals surface area (Å²) in [5.41, 5.74) is 0.103. The van der Waals surface area contributed by atoms with Gasteiger partial charge in [0, 0.05) is 24.7 Å². The molecule has 0 bridgehead atoms. The van der Waals surface area contributed by atoms with Gasteiger partial charge in [0.05, 0.1) is 11.8 Å². The van der Waals surface area contributed by atoms with Gasteiger partial charge in [-0.3, -0.25) is 9.78 Å². The summed E-state index contributed by atoms with van der Waals surface area (Å²) in [5.74, 6) is -0.282. The number of alkyl halides is 1. The van der Waals surface area contributed by atoms with E-state index in [4.69, 9.17) is 11.6 Å². The molecule has 0 spiro atoms. The van der Waals surface area contributed by atoms with Crippen molar-refractivity contribution in [2.75, 3.05) is 12.4 Å². The third-order valence-electron chi connectivity index (χ3n) is 3.33. The first kappa shape index (κ1) is 13.3. The van der Waals surface area contributed by atoms with E-state index in [9.17, 15) is 9.18 Å². The van der Waals surface area contributed by atoms with Crippen molar-refractivity contribution in [1.82, 2.24) is 9.88 Å². The Hall–Kier alpha value is -1.16. The Morgan fingerprint density at radius 1 is 1.56 bits per heavy atom. The summed E-state index contributed by atoms with van der Waals surface area (Å²) in [6, 6.07) is 1.57. The van der Waals surface area contributed by atoms with E-state index in [0.717, 1.165) is 31.9 Å². The molecule has 2 heterocycles. The van der Waals surface area contributed by atoms with Crippen LogP contribution in [0.15, 0.2) is 18.5 Å². The molecule has 1 saturated heterocycles. The number of nitrogens with zero attached hydrogens (tertiary/aromatic N) is 2. The number of hydrogen-bond acceptors (Lipinski definition) is 2. The van der Waals surface area contributed by atoms with E-state index in [2.05, 4.69) is 4.98 Å². The Bertz CT molecular complexity index is 425. The molecule has 2 rings (SSSR count). The summed E-state index contributed by atoms with van der Waals surface area (Å²) in [6.07, 6.45) is 6.30. The molecule has 98 valence electrons. The van der Waals surface area contributed by atoms with E-state index in [1.807, 2.05) is 0 Å². The van der Waals surface area contributed by atoms with E-state index in [1.165, 1.54) is 12.3 Å². The number of carbonyl (C=O) groups excluding carboxylic acids is 1. The van der Waals surface area contributed by atoms with Gasteiger partial charge in [-0.15, -0.1) is 11.6 Å². The number of pyridine rings is 1. The van der Waals surface area contributed by atoms with Gasteiger partial charge in [-0.2, -0.15) is 0 Å². The summed E-state index contributed by atoms with van der Waals surface area (Å²) in [5, 5.41) is 0. The Labute approximate surface area is 111 Å². The molecule has 0 saturated carbocycles. The number of aromatic nitrogens is 1. The molecule has 0 radical (unpaired) electrons. The molecule has 1 fully saturated rings. The predicted octanol–water partition coefficient (Wildman–Crippen LogP) is 2.84. The van der Waals surface area contributed by atoms with Crippen molar-refractivity contribution in [1.29, 1.82) is 0 Å². The highest BCUT2D eigenvalue weighted by atomic mass is 35.5. The molecule has 1 amide bonds. The Morgan fingerprint density at radius 3 is 3.11 bits per heavy atom. The molecule has 1 aliphatic heterocycles. The van der Waals surface area contributed by atoms with Crippen LogP contribution in [0.4, 0.5) is 4.39 Å². The van der Waals surface area contributed by atoms with Crippen LogP contribution in [0.3, 0.4) is 0 Å². The molecular weight excluding hydrogens is 255 g/mol. The standard InChI is InChI=1S/C13H16ClFN2O/c14-6-4-10-3-1-2-8-17(10)13(18)11-5-7-16-9-12(11)15/h5,7,9-10H,1-4,6,8H2. The number of rotatable bonds is 3. The van der Waals surface area contributed by atoms with Gasteiger partial charge in [-0.05, 0) is 31.7 Å². The molecule has 1 unspecified atom stereocenters. The lowest BCUT2D eigenvalue weighted by molar-refractivity contribution is 0.0604. The molecular formula is C13H16ClFN2O. The lowest BCUT2D eigenvalue weighted by atomic mass is 9.99. The number of amides is 1. The van der Waals surface area contributed by atoms with E-state index in [-0.39, 0.29) is 17.5 Å². The lowest BCUT2D eigenvalue weighted by Gasteiger charge is -2.35. The average molecular weight is 271 g/mol. The molecule has 0 aliphatic carbocycles. The minimum absolute atomic E-state index is 0.103. The van der Waals surface area contributed by atoms with Crippen molar-refractivity contribution in [3.63, 3.8) is 0 Å². The summed E-state index contributed by atoms with van der Waals surface area (Å²) in [7, 11) is 0. The maximum absolute atomic E-state index is 13.6. The molecule has 3 nitrogen and oxygen atoms in total. The van der Waals surface area contributed by atoms with Crippen LogP contribution in [-0.2, 0) is 0 Å². The highest BCUT2D eigenvalue weighted by Crippen LogP contribution is 2.22. The van der Waals surface area contributed by atoms with Crippen molar-refractivity contribution < 1.29 is 9.18 Å².